The zero-order valence-corrected chi connectivity index (χ0v) is 18.0. The van der Waals surface area contributed by atoms with Crippen LogP contribution in [0.2, 0.25) is 0 Å². The summed E-state index contributed by atoms with van der Waals surface area (Å²) in [5, 5.41) is 16.2. The number of rotatable bonds is 5. The van der Waals surface area contributed by atoms with Gasteiger partial charge in [-0.1, -0.05) is 43.3 Å². The van der Waals surface area contributed by atoms with Crippen molar-refractivity contribution in [2.75, 3.05) is 10.6 Å². The first kappa shape index (κ1) is 20.6. The number of nitriles is 1. The molecule has 1 unspecified atom stereocenters. The Morgan fingerprint density at radius 3 is 2.58 bits per heavy atom. The Bertz CT molecular complexity index is 1400. The van der Waals surface area contributed by atoms with Gasteiger partial charge in [0.15, 0.2) is 0 Å². The van der Waals surface area contributed by atoms with Crippen LogP contribution < -0.4 is 10.6 Å². The van der Waals surface area contributed by atoms with Crippen molar-refractivity contribution in [3.05, 3.63) is 89.2 Å². The highest BCUT2D eigenvalue weighted by Crippen LogP contribution is 2.34. The number of aromatic nitrogens is 2. The van der Waals surface area contributed by atoms with Crippen LogP contribution in [-0.4, -0.2) is 15.8 Å². The molecule has 0 saturated heterocycles. The van der Waals surface area contributed by atoms with Crippen LogP contribution >= 0.6 is 0 Å². The van der Waals surface area contributed by atoms with Crippen LogP contribution in [0.15, 0.2) is 71.7 Å². The largest absolute Gasteiger partial charge is 0.324 e. The number of anilines is 3. The Kier molecular flexibility index (Phi) is 5.41. The number of nitrogens with zero attached hydrogens (tertiary/aromatic N) is 4. The average molecular weight is 436 g/mol. The molecule has 5 rings (SSSR count). The molecule has 0 aliphatic carbocycles. The molecule has 1 aliphatic heterocycles. The number of halogens is 1. The van der Waals surface area contributed by atoms with Gasteiger partial charge in [-0.2, -0.15) is 10.2 Å². The van der Waals surface area contributed by atoms with Gasteiger partial charge in [0.05, 0.1) is 29.6 Å². The first-order chi connectivity index (χ1) is 16.2. The van der Waals surface area contributed by atoms with Gasteiger partial charge in [-0.15, -0.1) is 0 Å². The molecule has 0 radical (unpaired) electrons. The van der Waals surface area contributed by atoms with Gasteiger partial charge in [0, 0.05) is 11.1 Å². The third kappa shape index (κ3) is 3.99. The fraction of sp³-hybridized carbons (Fsp3) is 0.154. The van der Waals surface area contributed by atoms with Gasteiger partial charge in [-0.25, -0.2) is 9.37 Å². The molecule has 0 amide bonds. The lowest BCUT2D eigenvalue weighted by molar-refractivity contribution is 0.620. The number of hydrogen-bond donors (Lipinski definition) is 2. The number of aliphatic imine (C=N–C) groups is 1. The monoisotopic (exact) mass is 436 g/mol. The van der Waals surface area contributed by atoms with E-state index >= 15 is 0 Å². The SMILES string of the molecule is CCC1N=C(Nc2nc(Nc3ccc(CC#N)cc3)nc3ccccc23)c2c(F)cccc21. The van der Waals surface area contributed by atoms with Crippen molar-refractivity contribution >= 4 is 34.2 Å². The van der Waals surface area contributed by atoms with E-state index in [0.29, 0.717) is 29.6 Å². The van der Waals surface area contributed by atoms with E-state index in [2.05, 4.69) is 26.7 Å². The number of para-hydroxylation sites is 1. The average Bonchev–Trinajstić information content (AvgIpc) is 3.19. The molecule has 0 saturated carbocycles. The second-order valence-electron chi connectivity index (χ2n) is 7.80. The molecule has 6 nitrogen and oxygen atoms in total. The Labute approximate surface area is 190 Å². The predicted molar refractivity (Wildman–Crippen MR) is 128 cm³/mol. The lowest BCUT2D eigenvalue weighted by atomic mass is 10.0. The van der Waals surface area contributed by atoms with Crippen molar-refractivity contribution in [1.29, 1.82) is 5.26 Å². The Hall–Kier alpha value is -4.31. The van der Waals surface area contributed by atoms with E-state index in [9.17, 15) is 4.39 Å². The van der Waals surface area contributed by atoms with Crippen LogP contribution in [-0.2, 0) is 6.42 Å². The van der Waals surface area contributed by atoms with E-state index in [0.717, 1.165) is 34.1 Å². The maximum atomic E-state index is 14.7. The normalized spacial score (nSPS) is 14.5. The van der Waals surface area contributed by atoms with Crippen molar-refractivity contribution in [3.8, 4) is 6.07 Å². The molecular weight excluding hydrogens is 415 g/mol. The van der Waals surface area contributed by atoms with Crippen molar-refractivity contribution in [1.82, 2.24) is 9.97 Å². The molecule has 4 aromatic rings. The summed E-state index contributed by atoms with van der Waals surface area (Å²) in [5.41, 5.74) is 3.87. The van der Waals surface area contributed by atoms with Gasteiger partial charge in [0.1, 0.15) is 17.5 Å². The molecule has 3 aromatic carbocycles. The molecule has 2 N–H and O–H groups in total. The molecule has 162 valence electrons. The predicted octanol–water partition coefficient (Wildman–Crippen LogP) is 5.90. The van der Waals surface area contributed by atoms with Crippen LogP contribution in [0.25, 0.3) is 10.9 Å². The van der Waals surface area contributed by atoms with Crippen LogP contribution in [0.1, 0.15) is 36.1 Å². The van der Waals surface area contributed by atoms with E-state index in [-0.39, 0.29) is 11.9 Å². The molecule has 1 aliphatic rings. The molecule has 1 atom stereocenters. The van der Waals surface area contributed by atoms with Gasteiger partial charge in [-0.05, 0) is 47.9 Å². The Balaban J connectivity index is 1.52. The molecule has 0 spiro atoms. The number of amidine groups is 1. The zero-order chi connectivity index (χ0) is 22.8. The van der Waals surface area contributed by atoms with Crippen molar-refractivity contribution < 1.29 is 4.39 Å². The molecule has 0 fully saturated rings. The highest BCUT2D eigenvalue weighted by molar-refractivity contribution is 6.13. The topological polar surface area (TPSA) is 86.0 Å². The van der Waals surface area contributed by atoms with E-state index in [1.165, 1.54) is 6.07 Å². The summed E-state index contributed by atoms with van der Waals surface area (Å²) in [4.78, 5) is 14.0. The fourth-order valence-electron chi connectivity index (χ4n) is 4.03. The summed E-state index contributed by atoms with van der Waals surface area (Å²) in [6.45, 7) is 2.04. The van der Waals surface area contributed by atoms with Crippen molar-refractivity contribution in [2.45, 2.75) is 25.8 Å². The second-order valence-corrected chi connectivity index (χ2v) is 7.80. The van der Waals surface area contributed by atoms with E-state index in [1.54, 1.807) is 6.07 Å². The first-order valence-electron chi connectivity index (χ1n) is 10.8. The van der Waals surface area contributed by atoms with Gasteiger partial charge < -0.3 is 10.6 Å². The summed E-state index contributed by atoms with van der Waals surface area (Å²) in [7, 11) is 0. The zero-order valence-electron chi connectivity index (χ0n) is 18.0. The molecule has 7 heteroatoms. The van der Waals surface area contributed by atoms with Crippen LogP contribution in [0.3, 0.4) is 0 Å². The summed E-state index contributed by atoms with van der Waals surface area (Å²) < 4.78 is 14.7. The van der Waals surface area contributed by atoms with Crippen molar-refractivity contribution in [3.63, 3.8) is 0 Å². The third-order valence-electron chi connectivity index (χ3n) is 5.65. The summed E-state index contributed by atoms with van der Waals surface area (Å²) in [6.07, 6.45) is 1.14. The molecule has 33 heavy (non-hydrogen) atoms. The standard InChI is InChI=1S/C26H21FN6/c1-2-21-18-7-5-8-20(27)23(18)25(30-21)32-24-19-6-3-4-9-22(19)31-26(33-24)29-17-12-10-16(11-13-17)14-15-28/h3-13,21H,2,14H2,1H3,(H2,29,30,31,32,33). The Morgan fingerprint density at radius 2 is 1.79 bits per heavy atom. The van der Waals surface area contributed by atoms with E-state index < -0.39 is 0 Å². The number of benzene rings is 3. The maximum Gasteiger partial charge on any atom is 0.229 e. The quantitative estimate of drug-likeness (QED) is 0.407. The lowest BCUT2D eigenvalue weighted by Gasteiger charge is -2.13. The van der Waals surface area contributed by atoms with Crippen LogP contribution in [0.4, 0.5) is 21.8 Å². The van der Waals surface area contributed by atoms with Gasteiger partial charge in [0.25, 0.3) is 0 Å². The number of nitrogens with one attached hydrogen (secondary N) is 2. The molecular formula is C26H21FN6. The van der Waals surface area contributed by atoms with Crippen LogP contribution in [0, 0.1) is 17.1 Å². The van der Waals surface area contributed by atoms with Crippen molar-refractivity contribution in [2.24, 2.45) is 4.99 Å². The molecule has 0 bridgehead atoms. The minimum absolute atomic E-state index is 0.0872. The Morgan fingerprint density at radius 1 is 0.970 bits per heavy atom. The highest BCUT2D eigenvalue weighted by atomic mass is 19.1. The number of hydrogen-bond acceptors (Lipinski definition) is 6. The van der Waals surface area contributed by atoms with E-state index in [4.69, 9.17) is 10.3 Å². The molecule has 2 heterocycles. The number of fused-ring (bicyclic) bond motifs is 2. The fourth-order valence-corrected chi connectivity index (χ4v) is 4.03. The first-order valence-corrected chi connectivity index (χ1v) is 10.8. The van der Waals surface area contributed by atoms with Gasteiger partial charge in [-0.3, -0.25) is 4.99 Å². The van der Waals surface area contributed by atoms with Gasteiger partial charge in [0.2, 0.25) is 5.95 Å². The summed E-state index contributed by atoms with van der Waals surface area (Å²) in [6, 6.07) is 22.4. The minimum Gasteiger partial charge on any atom is -0.324 e. The second kappa shape index (κ2) is 8.67. The van der Waals surface area contributed by atoms with Crippen LogP contribution in [0.5, 0.6) is 0 Å². The minimum atomic E-state index is -0.302. The lowest BCUT2D eigenvalue weighted by Crippen LogP contribution is -2.15. The highest BCUT2D eigenvalue weighted by Gasteiger charge is 2.27. The van der Waals surface area contributed by atoms with E-state index in [1.807, 2.05) is 61.5 Å². The van der Waals surface area contributed by atoms with Gasteiger partial charge >= 0.3 is 0 Å². The third-order valence-corrected chi connectivity index (χ3v) is 5.65. The smallest absolute Gasteiger partial charge is 0.229 e. The summed E-state index contributed by atoms with van der Waals surface area (Å²) in [5.74, 6) is 1.13. The summed E-state index contributed by atoms with van der Waals surface area (Å²) >= 11 is 0. The maximum absolute atomic E-state index is 14.7. The molecule has 1 aromatic heterocycles.